The number of amides is 2. The monoisotopic (exact) mass is 225 g/mol. The van der Waals surface area contributed by atoms with Crippen LogP contribution in [0.3, 0.4) is 0 Å². The van der Waals surface area contributed by atoms with Crippen LogP contribution in [0.2, 0.25) is 0 Å². The van der Waals surface area contributed by atoms with Gasteiger partial charge in [-0.15, -0.1) is 0 Å². The average molecular weight is 225 g/mol. The summed E-state index contributed by atoms with van der Waals surface area (Å²) in [6.45, 7) is 4.29. The Labute approximate surface area is 95.5 Å². The van der Waals surface area contributed by atoms with E-state index in [1.807, 2.05) is 0 Å². The molecule has 3 rings (SSSR count). The lowest BCUT2D eigenvalue weighted by Gasteiger charge is -2.40. The van der Waals surface area contributed by atoms with Gasteiger partial charge < -0.3 is 20.3 Å². The fourth-order valence-corrected chi connectivity index (χ4v) is 3.17. The number of hydrogen-bond donors (Lipinski definition) is 2. The number of carbonyl (C=O) groups is 1. The van der Waals surface area contributed by atoms with Crippen LogP contribution in [0.5, 0.6) is 0 Å². The molecule has 3 aliphatic heterocycles. The molecule has 90 valence electrons. The van der Waals surface area contributed by atoms with Gasteiger partial charge in [0.25, 0.3) is 0 Å². The van der Waals surface area contributed by atoms with Crippen molar-refractivity contribution < 1.29 is 9.53 Å². The van der Waals surface area contributed by atoms with E-state index in [1.165, 1.54) is 0 Å². The first kappa shape index (κ1) is 10.4. The highest BCUT2D eigenvalue weighted by Gasteiger charge is 2.50. The van der Waals surface area contributed by atoms with Gasteiger partial charge in [-0.05, 0) is 32.4 Å². The molecule has 0 aromatic heterocycles. The molecule has 0 aromatic carbocycles. The third-order valence-electron chi connectivity index (χ3n) is 4.05. The molecule has 3 fully saturated rings. The second-order valence-corrected chi connectivity index (χ2v) is 5.04. The van der Waals surface area contributed by atoms with Crippen molar-refractivity contribution in [2.75, 3.05) is 32.8 Å². The highest BCUT2D eigenvalue weighted by molar-refractivity contribution is 5.78. The van der Waals surface area contributed by atoms with Crippen LogP contribution in [-0.2, 0) is 4.74 Å². The Hall–Kier alpha value is -0.810. The van der Waals surface area contributed by atoms with Gasteiger partial charge in [-0.25, -0.2) is 4.79 Å². The summed E-state index contributed by atoms with van der Waals surface area (Å²) in [6.07, 6.45) is 3.11. The lowest BCUT2D eigenvalue weighted by Crippen LogP contribution is -2.55. The molecule has 3 saturated heterocycles. The molecule has 2 N–H and O–H groups in total. The van der Waals surface area contributed by atoms with E-state index in [1.54, 1.807) is 0 Å². The van der Waals surface area contributed by atoms with E-state index in [2.05, 4.69) is 15.5 Å². The Morgan fingerprint density at radius 2 is 2.19 bits per heavy atom. The molecule has 0 aromatic rings. The van der Waals surface area contributed by atoms with Crippen molar-refractivity contribution in [3.8, 4) is 0 Å². The van der Waals surface area contributed by atoms with Crippen LogP contribution >= 0.6 is 0 Å². The highest BCUT2D eigenvalue weighted by atomic mass is 16.5. The molecule has 0 unspecified atom stereocenters. The van der Waals surface area contributed by atoms with Crippen molar-refractivity contribution in [2.24, 2.45) is 0 Å². The quantitative estimate of drug-likeness (QED) is 0.656. The molecule has 1 spiro atoms. The number of nitrogens with one attached hydrogen (secondary N) is 2. The minimum Gasteiger partial charge on any atom is -0.379 e. The molecule has 0 radical (unpaired) electrons. The SMILES string of the molecule is O=C1NC[C@@]2(CCOC2)N1C1CCNCC1. The third-order valence-corrected chi connectivity index (χ3v) is 4.05. The number of ether oxygens (including phenoxy) is 1. The Kier molecular flexibility index (Phi) is 2.52. The number of piperidine rings is 1. The van der Waals surface area contributed by atoms with Gasteiger partial charge in [0.1, 0.15) is 0 Å². The largest absolute Gasteiger partial charge is 0.379 e. The number of rotatable bonds is 1. The Morgan fingerprint density at radius 1 is 1.38 bits per heavy atom. The van der Waals surface area contributed by atoms with Crippen LogP contribution in [0.4, 0.5) is 4.79 Å². The Morgan fingerprint density at radius 3 is 2.88 bits per heavy atom. The number of hydrogen-bond acceptors (Lipinski definition) is 3. The van der Waals surface area contributed by atoms with Crippen LogP contribution in [-0.4, -0.2) is 55.4 Å². The van der Waals surface area contributed by atoms with Gasteiger partial charge in [0.15, 0.2) is 0 Å². The summed E-state index contributed by atoms with van der Waals surface area (Å²) in [5.74, 6) is 0. The molecular weight excluding hydrogens is 206 g/mol. The van der Waals surface area contributed by atoms with Crippen LogP contribution in [0, 0.1) is 0 Å². The van der Waals surface area contributed by atoms with Gasteiger partial charge in [-0.1, -0.05) is 0 Å². The maximum absolute atomic E-state index is 12.0. The zero-order chi connectivity index (χ0) is 11.0. The molecule has 2 amide bonds. The van der Waals surface area contributed by atoms with E-state index in [0.717, 1.165) is 45.5 Å². The van der Waals surface area contributed by atoms with Crippen molar-refractivity contribution in [3.63, 3.8) is 0 Å². The Balaban J connectivity index is 1.81. The van der Waals surface area contributed by atoms with E-state index >= 15 is 0 Å². The van der Waals surface area contributed by atoms with Gasteiger partial charge in [-0.2, -0.15) is 0 Å². The van der Waals surface area contributed by atoms with E-state index < -0.39 is 0 Å². The molecule has 3 aliphatic rings. The van der Waals surface area contributed by atoms with Crippen molar-refractivity contribution in [2.45, 2.75) is 30.8 Å². The summed E-state index contributed by atoms with van der Waals surface area (Å²) < 4.78 is 5.50. The molecule has 0 saturated carbocycles. The lowest BCUT2D eigenvalue weighted by atomic mass is 9.93. The van der Waals surface area contributed by atoms with Crippen molar-refractivity contribution in [3.05, 3.63) is 0 Å². The highest BCUT2D eigenvalue weighted by Crippen LogP contribution is 2.33. The predicted octanol–water partition coefficient (Wildman–Crippen LogP) is -0.0773. The zero-order valence-electron chi connectivity index (χ0n) is 9.50. The van der Waals surface area contributed by atoms with Crippen LogP contribution < -0.4 is 10.6 Å². The first-order chi connectivity index (χ1) is 7.82. The smallest absolute Gasteiger partial charge is 0.318 e. The van der Waals surface area contributed by atoms with E-state index in [9.17, 15) is 4.79 Å². The maximum atomic E-state index is 12.0. The molecular formula is C11H19N3O2. The van der Waals surface area contributed by atoms with Gasteiger partial charge in [0.05, 0.1) is 12.1 Å². The standard InChI is InChI=1S/C11H19N3O2/c15-10-13-7-11(3-6-16-8-11)14(10)9-1-4-12-5-2-9/h9,12H,1-8H2,(H,13,15)/t11-/m1/s1. The maximum Gasteiger partial charge on any atom is 0.318 e. The minimum absolute atomic E-state index is 0.0426. The number of urea groups is 1. The summed E-state index contributed by atoms with van der Waals surface area (Å²) in [5, 5.41) is 6.33. The van der Waals surface area contributed by atoms with Gasteiger partial charge in [0, 0.05) is 19.2 Å². The molecule has 5 nitrogen and oxygen atoms in total. The first-order valence-electron chi connectivity index (χ1n) is 6.17. The minimum atomic E-state index is -0.0426. The molecule has 0 aliphatic carbocycles. The van der Waals surface area contributed by atoms with E-state index in [4.69, 9.17) is 4.74 Å². The summed E-state index contributed by atoms with van der Waals surface area (Å²) in [7, 11) is 0. The summed E-state index contributed by atoms with van der Waals surface area (Å²) >= 11 is 0. The van der Waals surface area contributed by atoms with Crippen LogP contribution in [0.1, 0.15) is 19.3 Å². The normalized spacial score (nSPS) is 36.0. The number of nitrogens with zero attached hydrogens (tertiary/aromatic N) is 1. The number of carbonyl (C=O) groups excluding carboxylic acids is 1. The molecule has 0 bridgehead atoms. The van der Waals surface area contributed by atoms with Crippen molar-refractivity contribution >= 4 is 6.03 Å². The topological polar surface area (TPSA) is 53.6 Å². The second-order valence-electron chi connectivity index (χ2n) is 5.04. The predicted molar refractivity (Wildman–Crippen MR) is 59.3 cm³/mol. The first-order valence-corrected chi connectivity index (χ1v) is 6.17. The van der Waals surface area contributed by atoms with E-state index in [0.29, 0.717) is 12.6 Å². The van der Waals surface area contributed by atoms with E-state index in [-0.39, 0.29) is 11.6 Å². The van der Waals surface area contributed by atoms with Crippen LogP contribution in [0.25, 0.3) is 0 Å². The fraction of sp³-hybridized carbons (Fsp3) is 0.909. The molecule has 5 heteroatoms. The van der Waals surface area contributed by atoms with Gasteiger partial charge in [0.2, 0.25) is 0 Å². The van der Waals surface area contributed by atoms with Crippen molar-refractivity contribution in [1.29, 1.82) is 0 Å². The molecule has 16 heavy (non-hydrogen) atoms. The summed E-state index contributed by atoms with van der Waals surface area (Å²) in [4.78, 5) is 14.1. The average Bonchev–Trinajstić information content (AvgIpc) is 2.90. The summed E-state index contributed by atoms with van der Waals surface area (Å²) in [6, 6.07) is 0.503. The van der Waals surface area contributed by atoms with Crippen LogP contribution in [0.15, 0.2) is 0 Å². The van der Waals surface area contributed by atoms with Crippen molar-refractivity contribution in [1.82, 2.24) is 15.5 Å². The molecule has 1 atom stereocenters. The fourth-order valence-electron chi connectivity index (χ4n) is 3.17. The van der Waals surface area contributed by atoms with Gasteiger partial charge in [-0.3, -0.25) is 0 Å². The third kappa shape index (κ3) is 1.50. The Bertz CT molecular complexity index is 283. The summed E-state index contributed by atoms with van der Waals surface area (Å²) in [5.41, 5.74) is -0.0426. The molecule has 3 heterocycles. The lowest BCUT2D eigenvalue weighted by molar-refractivity contribution is 0.0807. The second kappa shape index (κ2) is 3.89. The van der Waals surface area contributed by atoms with Gasteiger partial charge >= 0.3 is 6.03 Å². The zero-order valence-corrected chi connectivity index (χ0v) is 9.50.